The minimum Gasteiger partial charge on any atom is -0.331 e. The fraction of sp³-hybridized carbons (Fsp3) is 0.400. The normalized spacial score (nSPS) is 10.8. The minimum atomic E-state index is 0.604. The average molecular weight is 243 g/mol. The molecule has 0 aliphatic heterocycles. The van der Waals surface area contributed by atoms with Gasteiger partial charge >= 0.3 is 0 Å². The van der Waals surface area contributed by atoms with E-state index in [-0.39, 0.29) is 0 Å². The van der Waals surface area contributed by atoms with Gasteiger partial charge in [0.05, 0.1) is 0 Å². The second-order valence-electron chi connectivity index (χ2n) is 4.60. The summed E-state index contributed by atoms with van der Waals surface area (Å²) in [5.41, 5.74) is 8.07. The third-order valence-corrected chi connectivity index (χ3v) is 3.17. The highest BCUT2D eigenvalue weighted by molar-refractivity contribution is 5.22. The Morgan fingerprint density at radius 1 is 1.17 bits per heavy atom. The Hall–Kier alpha value is -1.61. The number of benzene rings is 1. The summed E-state index contributed by atoms with van der Waals surface area (Å²) in [5.74, 6) is 1.18. The summed E-state index contributed by atoms with van der Waals surface area (Å²) >= 11 is 0. The van der Waals surface area contributed by atoms with Crippen molar-refractivity contribution in [1.29, 1.82) is 0 Å². The number of nitrogens with zero attached hydrogens (tertiary/aromatic N) is 2. The molecule has 3 nitrogen and oxygen atoms in total. The molecule has 2 rings (SSSR count). The molecule has 2 N–H and O–H groups in total. The predicted octanol–water partition coefficient (Wildman–Crippen LogP) is 2.73. The number of aryl methyl sites for hydroxylation is 1. The standard InChI is InChI=1S/C15H21N3/c1-2-3-4-15-17-9-10-18(15)12-14-7-5-13(11-16)6-8-14/h5-10H,2-4,11-12,16H2,1H3. The zero-order chi connectivity index (χ0) is 12.8. The second kappa shape index (κ2) is 6.36. The lowest BCUT2D eigenvalue weighted by Crippen LogP contribution is -2.05. The summed E-state index contributed by atoms with van der Waals surface area (Å²) in [6.45, 7) is 3.70. The zero-order valence-corrected chi connectivity index (χ0v) is 11.0. The van der Waals surface area contributed by atoms with Gasteiger partial charge in [-0.3, -0.25) is 0 Å². The number of imidazole rings is 1. The number of nitrogens with two attached hydrogens (primary N) is 1. The van der Waals surface area contributed by atoms with Gasteiger partial charge in [0.25, 0.3) is 0 Å². The molecule has 0 amide bonds. The van der Waals surface area contributed by atoms with E-state index in [4.69, 9.17) is 5.73 Å². The van der Waals surface area contributed by atoms with Crippen molar-refractivity contribution in [1.82, 2.24) is 9.55 Å². The maximum absolute atomic E-state index is 5.60. The summed E-state index contributed by atoms with van der Waals surface area (Å²) in [6, 6.07) is 8.48. The Morgan fingerprint density at radius 3 is 2.56 bits per heavy atom. The zero-order valence-electron chi connectivity index (χ0n) is 11.0. The van der Waals surface area contributed by atoms with E-state index in [1.807, 2.05) is 6.20 Å². The van der Waals surface area contributed by atoms with Gasteiger partial charge in [0.15, 0.2) is 0 Å². The number of hydrogen-bond donors (Lipinski definition) is 1. The summed E-state index contributed by atoms with van der Waals surface area (Å²) in [6.07, 6.45) is 7.41. The first kappa shape index (κ1) is 12.8. The lowest BCUT2D eigenvalue weighted by Gasteiger charge is -2.08. The lowest BCUT2D eigenvalue weighted by molar-refractivity contribution is 0.678. The maximum atomic E-state index is 5.60. The van der Waals surface area contributed by atoms with Crippen molar-refractivity contribution in [3.05, 3.63) is 53.6 Å². The van der Waals surface area contributed by atoms with Gasteiger partial charge in [0.2, 0.25) is 0 Å². The predicted molar refractivity (Wildman–Crippen MR) is 74.3 cm³/mol. The van der Waals surface area contributed by atoms with Gasteiger partial charge < -0.3 is 10.3 Å². The highest BCUT2D eigenvalue weighted by Gasteiger charge is 2.03. The molecule has 0 aliphatic carbocycles. The third kappa shape index (κ3) is 3.20. The number of aromatic nitrogens is 2. The molecule has 1 aromatic heterocycles. The van der Waals surface area contributed by atoms with Crippen LogP contribution in [0.3, 0.4) is 0 Å². The molecule has 0 saturated carbocycles. The Kier molecular flexibility index (Phi) is 4.53. The van der Waals surface area contributed by atoms with Gasteiger partial charge in [-0.15, -0.1) is 0 Å². The second-order valence-corrected chi connectivity index (χ2v) is 4.60. The molecule has 0 radical (unpaired) electrons. The van der Waals surface area contributed by atoms with Crippen molar-refractivity contribution in [3.63, 3.8) is 0 Å². The van der Waals surface area contributed by atoms with E-state index in [2.05, 4.69) is 46.9 Å². The Labute approximate surface area is 109 Å². The van der Waals surface area contributed by atoms with Crippen LogP contribution in [0.2, 0.25) is 0 Å². The molecule has 96 valence electrons. The monoisotopic (exact) mass is 243 g/mol. The van der Waals surface area contributed by atoms with E-state index >= 15 is 0 Å². The highest BCUT2D eigenvalue weighted by atomic mass is 15.1. The number of rotatable bonds is 6. The summed E-state index contributed by atoms with van der Waals surface area (Å²) in [5, 5.41) is 0. The molecule has 3 heteroatoms. The van der Waals surface area contributed by atoms with E-state index in [1.165, 1.54) is 29.8 Å². The van der Waals surface area contributed by atoms with Crippen LogP contribution in [0, 0.1) is 0 Å². The van der Waals surface area contributed by atoms with Gasteiger partial charge in [-0.2, -0.15) is 0 Å². The molecular weight excluding hydrogens is 222 g/mol. The van der Waals surface area contributed by atoms with Gasteiger partial charge in [0, 0.05) is 31.9 Å². The van der Waals surface area contributed by atoms with Crippen LogP contribution < -0.4 is 5.73 Å². The minimum absolute atomic E-state index is 0.604. The van der Waals surface area contributed by atoms with Crippen LogP contribution in [0.4, 0.5) is 0 Å². The van der Waals surface area contributed by atoms with Crippen LogP contribution in [-0.2, 0) is 19.5 Å². The summed E-state index contributed by atoms with van der Waals surface area (Å²) in [4.78, 5) is 4.43. The van der Waals surface area contributed by atoms with Crippen LogP contribution in [0.25, 0.3) is 0 Å². The first-order valence-corrected chi connectivity index (χ1v) is 6.61. The van der Waals surface area contributed by atoms with Crippen molar-refractivity contribution in [2.24, 2.45) is 5.73 Å². The number of hydrogen-bond acceptors (Lipinski definition) is 2. The molecule has 0 bridgehead atoms. The molecule has 1 heterocycles. The summed E-state index contributed by atoms with van der Waals surface area (Å²) in [7, 11) is 0. The Balaban J connectivity index is 2.05. The maximum Gasteiger partial charge on any atom is 0.108 e. The lowest BCUT2D eigenvalue weighted by atomic mass is 10.1. The van der Waals surface area contributed by atoms with Gasteiger partial charge in [-0.1, -0.05) is 37.6 Å². The molecule has 0 saturated heterocycles. The largest absolute Gasteiger partial charge is 0.331 e. The van der Waals surface area contributed by atoms with Crippen molar-refractivity contribution in [2.75, 3.05) is 0 Å². The topological polar surface area (TPSA) is 43.8 Å². The molecule has 0 unspecified atom stereocenters. The fourth-order valence-electron chi connectivity index (χ4n) is 2.02. The van der Waals surface area contributed by atoms with Crippen LogP contribution in [0.5, 0.6) is 0 Å². The Bertz CT molecular complexity index is 471. The van der Waals surface area contributed by atoms with Gasteiger partial charge in [-0.25, -0.2) is 4.98 Å². The highest BCUT2D eigenvalue weighted by Crippen LogP contribution is 2.09. The first-order chi connectivity index (χ1) is 8.83. The fourth-order valence-corrected chi connectivity index (χ4v) is 2.02. The Morgan fingerprint density at radius 2 is 1.89 bits per heavy atom. The SMILES string of the molecule is CCCCc1nccn1Cc1ccc(CN)cc1. The van der Waals surface area contributed by atoms with E-state index in [9.17, 15) is 0 Å². The molecule has 0 fully saturated rings. The molecule has 0 spiro atoms. The molecular formula is C15H21N3. The third-order valence-electron chi connectivity index (χ3n) is 3.17. The molecule has 1 aromatic carbocycles. The van der Waals surface area contributed by atoms with Crippen LogP contribution in [-0.4, -0.2) is 9.55 Å². The quantitative estimate of drug-likeness (QED) is 0.847. The van der Waals surface area contributed by atoms with Crippen LogP contribution in [0.15, 0.2) is 36.7 Å². The molecule has 0 aliphatic rings. The van der Waals surface area contributed by atoms with Crippen molar-refractivity contribution in [2.45, 2.75) is 39.3 Å². The van der Waals surface area contributed by atoms with Gasteiger partial charge in [-0.05, 0) is 17.5 Å². The van der Waals surface area contributed by atoms with Gasteiger partial charge in [0.1, 0.15) is 5.82 Å². The summed E-state index contributed by atoms with van der Waals surface area (Å²) < 4.78 is 2.23. The van der Waals surface area contributed by atoms with Crippen LogP contribution in [0.1, 0.15) is 36.7 Å². The smallest absolute Gasteiger partial charge is 0.108 e. The van der Waals surface area contributed by atoms with Crippen molar-refractivity contribution in [3.8, 4) is 0 Å². The first-order valence-electron chi connectivity index (χ1n) is 6.61. The van der Waals surface area contributed by atoms with E-state index in [1.54, 1.807) is 0 Å². The molecule has 18 heavy (non-hydrogen) atoms. The number of unbranched alkanes of at least 4 members (excludes halogenated alkanes) is 1. The van der Waals surface area contributed by atoms with E-state index in [0.29, 0.717) is 6.54 Å². The van der Waals surface area contributed by atoms with Crippen molar-refractivity contribution >= 4 is 0 Å². The van der Waals surface area contributed by atoms with Crippen LogP contribution >= 0.6 is 0 Å². The average Bonchev–Trinajstić information content (AvgIpc) is 2.84. The van der Waals surface area contributed by atoms with Crippen molar-refractivity contribution < 1.29 is 0 Å². The molecule has 0 atom stereocenters. The van der Waals surface area contributed by atoms with E-state index in [0.717, 1.165) is 13.0 Å². The molecule has 2 aromatic rings. The van der Waals surface area contributed by atoms with E-state index < -0.39 is 0 Å².